The molecule has 0 radical (unpaired) electrons. The summed E-state index contributed by atoms with van der Waals surface area (Å²) in [6.45, 7) is 7.55. The van der Waals surface area contributed by atoms with Crippen LogP contribution in [0, 0.1) is 0 Å². The molecule has 12 nitrogen and oxygen atoms in total. The maximum atomic E-state index is 12.6. The molecule has 12 heteroatoms. The molecule has 0 spiro atoms. The Bertz CT molecular complexity index is 568. The van der Waals surface area contributed by atoms with Crippen LogP contribution in [0.2, 0.25) is 0 Å². The molecule has 3 amide bonds. The molecule has 0 fully saturated rings. The van der Waals surface area contributed by atoms with Crippen LogP contribution in [0.1, 0.15) is 52.4 Å². The highest BCUT2D eigenvalue weighted by Crippen LogP contribution is 2.07. The Hall–Kier alpha value is -1.83. The number of carbonyl (C=O) groups excluding carboxylic acids is 3. The van der Waals surface area contributed by atoms with Crippen molar-refractivity contribution < 1.29 is 38.4 Å². The van der Waals surface area contributed by atoms with Crippen LogP contribution in [0.15, 0.2) is 0 Å². The summed E-state index contributed by atoms with van der Waals surface area (Å²) in [6.07, 6.45) is 1.97. The third kappa shape index (κ3) is 18.1. The molecule has 0 aromatic rings. The van der Waals surface area contributed by atoms with E-state index in [4.69, 9.17) is 30.4 Å². The zero-order chi connectivity index (χ0) is 26.3. The Morgan fingerprint density at radius 2 is 1.40 bits per heavy atom. The molecule has 0 aliphatic carbocycles. The van der Waals surface area contributed by atoms with Gasteiger partial charge in [-0.15, -0.1) is 0 Å². The third-order valence-corrected chi connectivity index (χ3v) is 4.99. The summed E-state index contributed by atoms with van der Waals surface area (Å²) in [7, 11) is 0. The number of carbonyl (C=O) groups is 3. The molecule has 35 heavy (non-hydrogen) atoms. The minimum Gasteiger partial charge on any atom is -0.390 e. The van der Waals surface area contributed by atoms with Gasteiger partial charge in [0.1, 0.15) is 12.1 Å². The fourth-order valence-electron chi connectivity index (χ4n) is 3.05. The Kier molecular flexibility index (Phi) is 21.4. The third-order valence-electron chi connectivity index (χ3n) is 4.99. The van der Waals surface area contributed by atoms with Crippen molar-refractivity contribution in [1.29, 1.82) is 0 Å². The fraction of sp³-hybridized carbons (Fsp3) is 0.870. The molecule has 0 heterocycles. The summed E-state index contributed by atoms with van der Waals surface area (Å²) in [6, 6.07) is -2.20. The van der Waals surface area contributed by atoms with Gasteiger partial charge in [-0.3, -0.25) is 14.4 Å². The predicted molar refractivity (Wildman–Crippen MR) is 130 cm³/mol. The highest BCUT2D eigenvalue weighted by molar-refractivity contribution is 5.91. The van der Waals surface area contributed by atoms with E-state index in [0.29, 0.717) is 59.1 Å². The second-order valence-corrected chi connectivity index (χ2v) is 7.93. The van der Waals surface area contributed by atoms with Gasteiger partial charge in [-0.05, 0) is 26.3 Å². The second-order valence-electron chi connectivity index (χ2n) is 7.93. The number of primary amides is 1. The quantitative estimate of drug-likeness (QED) is 0.105. The van der Waals surface area contributed by atoms with Crippen molar-refractivity contribution in [1.82, 2.24) is 10.6 Å². The van der Waals surface area contributed by atoms with Gasteiger partial charge in [0.2, 0.25) is 17.7 Å². The lowest BCUT2D eigenvalue weighted by molar-refractivity contribution is -0.133. The van der Waals surface area contributed by atoms with Crippen molar-refractivity contribution in [3.63, 3.8) is 0 Å². The molecule has 0 saturated carbocycles. The molecule has 0 rings (SSSR count). The van der Waals surface area contributed by atoms with Crippen molar-refractivity contribution in [2.75, 3.05) is 59.4 Å². The monoisotopic (exact) mass is 506 g/mol. The Morgan fingerprint density at radius 3 is 1.91 bits per heavy atom. The van der Waals surface area contributed by atoms with Crippen LogP contribution in [0.5, 0.6) is 0 Å². The molecule has 7 N–H and O–H groups in total. The van der Waals surface area contributed by atoms with Crippen LogP contribution < -0.4 is 22.1 Å². The Labute approximate surface area is 208 Å². The molecule has 0 aliphatic heterocycles. The minimum absolute atomic E-state index is 0.0355. The maximum Gasteiger partial charge on any atom is 0.243 e. The summed E-state index contributed by atoms with van der Waals surface area (Å²) in [5, 5.41) is 15.3. The van der Waals surface area contributed by atoms with E-state index in [-0.39, 0.29) is 26.0 Å². The standard InChI is InChI=1S/C23H46N4O8/c1-3-5-6-7-19(28)21(22(25)30)27-23(31)18(8-10-24)26-20(29)9-11-33-14-15-35-17-16-34-13-12-32-4-2/h18-19,21,28H,3-17,24H2,1-2H3,(H2,25,30)(H,26,29)(H,27,31)/t18-,19+,21-/m0/s1. The van der Waals surface area contributed by atoms with Crippen molar-refractivity contribution in [3.05, 3.63) is 0 Å². The molecular weight excluding hydrogens is 460 g/mol. The number of nitrogens with two attached hydrogens (primary N) is 2. The van der Waals surface area contributed by atoms with Crippen LogP contribution in [0.25, 0.3) is 0 Å². The lowest BCUT2D eigenvalue weighted by Gasteiger charge is -2.24. The Morgan fingerprint density at radius 1 is 0.829 bits per heavy atom. The average Bonchev–Trinajstić information content (AvgIpc) is 2.82. The SMILES string of the molecule is CCCCC[C@@H](O)[C@H](NC(=O)[C@H](CCN)NC(=O)CCOCCOCCOCCOCC)C(N)=O. The molecule has 0 saturated heterocycles. The van der Waals surface area contributed by atoms with E-state index < -0.39 is 35.9 Å². The van der Waals surface area contributed by atoms with Crippen LogP contribution >= 0.6 is 0 Å². The number of hydrogen-bond acceptors (Lipinski definition) is 9. The lowest BCUT2D eigenvalue weighted by atomic mass is 10.0. The van der Waals surface area contributed by atoms with Gasteiger partial charge in [0.25, 0.3) is 0 Å². The summed E-state index contributed by atoms with van der Waals surface area (Å²) >= 11 is 0. The first-order valence-electron chi connectivity index (χ1n) is 12.4. The van der Waals surface area contributed by atoms with Crippen molar-refractivity contribution in [2.45, 2.75) is 70.6 Å². The van der Waals surface area contributed by atoms with E-state index in [2.05, 4.69) is 10.6 Å². The number of rotatable bonds is 24. The molecular formula is C23H46N4O8. The van der Waals surface area contributed by atoms with E-state index in [1.165, 1.54) is 0 Å². The Balaban J connectivity index is 4.23. The fourth-order valence-corrected chi connectivity index (χ4v) is 3.05. The van der Waals surface area contributed by atoms with Gasteiger partial charge in [0.05, 0.1) is 52.4 Å². The van der Waals surface area contributed by atoms with E-state index >= 15 is 0 Å². The summed E-state index contributed by atoms with van der Waals surface area (Å²) < 4.78 is 21.2. The number of hydrogen-bond donors (Lipinski definition) is 5. The van der Waals surface area contributed by atoms with E-state index in [9.17, 15) is 19.5 Å². The molecule has 0 aromatic heterocycles. The second kappa shape index (κ2) is 22.6. The summed E-state index contributed by atoms with van der Waals surface area (Å²) in [5.74, 6) is -1.87. The van der Waals surface area contributed by atoms with E-state index in [1.54, 1.807) is 0 Å². The predicted octanol–water partition coefficient (Wildman–Crippen LogP) is -0.792. The molecule has 0 bridgehead atoms. The van der Waals surface area contributed by atoms with Crippen molar-refractivity contribution >= 4 is 17.7 Å². The average molecular weight is 507 g/mol. The van der Waals surface area contributed by atoms with Crippen molar-refractivity contribution in [3.8, 4) is 0 Å². The minimum atomic E-state index is -1.24. The van der Waals surface area contributed by atoms with Crippen LogP contribution in [-0.2, 0) is 33.3 Å². The zero-order valence-electron chi connectivity index (χ0n) is 21.3. The maximum absolute atomic E-state index is 12.6. The van der Waals surface area contributed by atoms with Gasteiger partial charge in [-0.2, -0.15) is 0 Å². The van der Waals surface area contributed by atoms with Gasteiger partial charge in [-0.25, -0.2) is 0 Å². The van der Waals surface area contributed by atoms with E-state index in [1.807, 2.05) is 13.8 Å². The number of aliphatic hydroxyl groups excluding tert-OH is 1. The van der Waals surface area contributed by atoms with Gasteiger partial charge in [0, 0.05) is 13.0 Å². The largest absolute Gasteiger partial charge is 0.390 e. The smallest absolute Gasteiger partial charge is 0.243 e. The van der Waals surface area contributed by atoms with Gasteiger partial charge >= 0.3 is 0 Å². The normalized spacial score (nSPS) is 13.7. The summed E-state index contributed by atoms with van der Waals surface area (Å²) in [5.41, 5.74) is 10.9. The number of ether oxygens (including phenoxy) is 4. The topological polar surface area (TPSA) is 184 Å². The van der Waals surface area contributed by atoms with E-state index in [0.717, 1.165) is 12.8 Å². The number of nitrogens with one attached hydrogen (secondary N) is 2. The highest BCUT2D eigenvalue weighted by Gasteiger charge is 2.29. The van der Waals surface area contributed by atoms with Crippen LogP contribution in [0.4, 0.5) is 0 Å². The van der Waals surface area contributed by atoms with Gasteiger partial charge in [0.15, 0.2) is 0 Å². The first-order chi connectivity index (χ1) is 16.9. The first-order valence-corrected chi connectivity index (χ1v) is 12.4. The number of unbranched alkanes of at least 4 members (excludes halogenated alkanes) is 2. The highest BCUT2D eigenvalue weighted by atomic mass is 16.6. The molecule has 3 atom stereocenters. The first kappa shape index (κ1) is 33.2. The zero-order valence-corrected chi connectivity index (χ0v) is 21.3. The van der Waals surface area contributed by atoms with Crippen LogP contribution in [0.3, 0.4) is 0 Å². The molecule has 206 valence electrons. The van der Waals surface area contributed by atoms with Gasteiger partial charge < -0.3 is 46.2 Å². The van der Waals surface area contributed by atoms with Gasteiger partial charge in [-0.1, -0.05) is 26.2 Å². The lowest BCUT2D eigenvalue weighted by Crippen LogP contribution is -2.57. The number of aliphatic hydroxyl groups is 1. The summed E-state index contributed by atoms with van der Waals surface area (Å²) in [4.78, 5) is 36.6. The molecule has 0 aromatic carbocycles. The number of amides is 3. The van der Waals surface area contributed by atoms with Crippen molar-refractivity contribution in [2.24, 2.45) is 11.5 Å². The molecule has 0 unspecified atom stereocenters. The molecule has 0 aliphatic rings. The van der Waals surface area contributed by atoms with Crippen LogP contribution in [-0.4, -0.2) is 100 Å².